The Kier molecular flexibility index (Phi) is 6.29. The van der Waals surface area contributed by atoms with Crippen LogP contribution in [0.1, 0.15) is 17.1 Å². The van der Waals surface area contributed by atoms with E-state index >= 15 is 0 Å². The van der Waals surface area contributed by atoms with Crippen LogP contribution in [0, 0.1) is 18.6 Å². The average Bonchev–Trinajstić information content (AvgIpc) is 3.27. The molecule has 0 bridgehead atoms. The fraction of sp³-hybridized carbons (Fsp3) is 0.185. The molecule has 0 aliphatic heterocycles. The monoisotopic (exact) mass is 470 g/mol. The van der Waals surface area contributed by atoms with E-state index in [0.29, 0.717) is 13.1 Å². The van der Waals surface area contributed by atoms with Gasteiger partial charge in [-0.05, 0) is 56.8 Å². The molecule has 3 heterocycles. The SMILES string of the molecule is Cc1cccc(-c2nc(CN(C)CCc3c(F)cccc3F)[nH]c2-c2ccc3nccnc3c2)n1. The Labute approximate surface area is 201 Å². The summed E-state index contributed by atoms with van der Waals surface area (Å²) in [6, 6.07) is 15.7. The smallest absolute Gasteiger partial charge is 0.129 e. The molecule has 6 nitrogen and oxygen atoms in total. The van der Waals surface area contributed by atoms with Crippen molar-refractivity contribution in [3.05, 3.63) is 95.7 Å². The summed E-state index contributed by atoms with van der Waals surface area (Å²) in [5.41, 5.74) is 5.84. The molecule has 0 aliphatic rings. The summed E-state index contributed by atoms with van der Waals surface area (Å²) in [4.78, 5) is 23.7. The zero-order chi connectivity index (χ0) is 24.4. The first-order chi connectivity index (χ1) is 17.0. The van der Waals surface area contributed by atoms with E-state index in [1.807, 2.05) is 55.3 Å². The van der Waals surface area contributed by atoms with E-state index in [4.69, 9.17) is 4.98 Å². The minimum atomic E-state index is -0.522. The van der Waals surface area contributed by atoms with Gasteiger partial charge >= 0.3 is 0 Å². The fourth-order valence-corrected chi connectivity index (χ4v) is 4.09. The van der Waals surface area contributed by atoms with Crippen LogP contribution in [0.5, 0.6) is 0 Å². The number of aromatic nitrogens is 5. The molecule has 0 aliphatic carbocycles. The maximum atomic E-state index is 14.0. The zero-order valence-electron chi connectivity index (χ0n) is 19.5. The molecule has 176 valence electrons. The summed E-state index contributed by atoms with van der Waals surface area (Å²) in [5.74, 6) is -0.314. The highest BCUT2D eigenvalue weighted by atomic mass is 19.1. The predicted octanol–water partition coefficient (Wildman–Crippen LogP) is 5.34. The number of hydrogen-bond donors (Lipinski definition) is 1. The lowest BCUT2D eigenvalue weighted by Crippen LogP contribution is -2.22. The van der Waals surface area contributed by atoms with Gasteiger partial charge in [0, 0.05) is 35.8 Å². The number of pyridine rings is 1. The second-order valence-electron chi connectivity index (χ2n) is 8.52. The van der Waals surface area contributed by atoms with Crippen LogP contribution in [-0.2, 0) is 13.0 Å². The van der Waals surface area contributed by atoms with Crippen molar-refractivity contribution in [3.63, 3.8) is 0 Å². The number of imidazole rings is 1. The Morgan fingerprint density at radius 1 is 0.886 bits per heavy atom. The number of hydrogen-bond acceptors (Lipinski definition) is 5. The third kappa shape index (κ3) is 4.93. The molecule has 0 saturated carbocycles. The molecule has 8 heteroatoms. The van der Waals surface area contributed by atoms with Crippen molar-refractivity contribution < 1.29 is 8.78 Å². The topological polar surface area (TPSA) is 70.6 Å². The molecule has 0 atom stereocenters. The molecule has 0 spiro atoms. The third-order valence-electron chi connectivity index (χ3n) is 5.87. The van der Waals surface area contributed by atoms with Crippen LogP contribution in [0.3, 0.4) is 0 Å². The van der Waals surface area contributed by atoms with Crippen molar-refractivity contribution >= 4 is 11.0 Å². The normalized spacial score (nSPS) is 11.5. The lowest BCUT2D eigenvalue weighted by Gasteiger charge is -2.15. The summed E-state index contributed by atoms with van der Waals surface area (Å²) in [6.45, 7) is 2.89. The van der Waals surface area contributed by atoms with Crippen LogP contribution < -0.4 is 0 Å². The molecule has 0 radical (unpaired) electrons. The van der Waals surface area contributed by atoms with Crippen molar-refractivity contribution in [3.8, 4) is 22.6 Å². The van der Waals surface area contributed by atoms with Crippen LogP contribution >= 0.6 is 0 Å². The fourth-order valence-electron chi connectivity index (χ4n) is 4.09. The summed E-state index contributed by atoms with van der Waals surface area (Å²) >= 11 is 0. The lowest BCUT2D eigenvalue weighted by atomic mass is 10.1. The summed E-state index contributed by atoms with van der Waals surface area (Å²) < 4.78 is 28.0. The van der Waals surface area contributed by atoms with E-state index in [1.165, 1.54) is 18.2 Å². The van der Waals surface area contributed by atoms with Crippen LogP contribution in [0.25, 0.3) is 33.7 Å². The standard InChI is InChI=1S/C27H24F2N6/c1-17-5-3-8-23(32-17)27-26(18-9-10-22-24(15-18)31-13-12-30-22)33-25(34-27)16-35(2)14-11-19-20(28)6-4-7-21(19)29/h3-10,12-13,15H,11,14,16H2,1-2H3,(H,33,34). The van der Waals surface area contributed by atoms with Gasteiger partial charge in [-0.15, -0.1) is 0 Å². The highest BCUT2D eigenvalue weighted by molar-refractivity contribution is 5.84. The van der Waals surface area contributed by atoms with Crippen LogP contribution in [0.15, 0.2) is 67.0 Å². The second kappa shape index (κ2) is 9.68. The molecule has 5 rings (SSSR count). The van der Waals surface area contributed by atoms with Crippen molar-refractivity contribution in [1.29, 1.82) is 0 Å². The molecule has 3 aromatic heterocycles. The van der Waals surface area contributed by atoms with Gasteiger partial charge in [-0.25, -0.2) is 13.8 Å². The number of benzene rings is 2. The van der Waals surface area contributed by atoms with Gasteiger partial charge in [0.05, 0.1) is 29.0 Å². The quantitative estimate of drug-likeness (QED) is 0.348. The van der Waals surface area contributed by atoms with E-state index in [0.717, 1.165) is 45.2 Å². The third-order valence-corrected chi connectivity index (χ3v) is 5.87. The van der Waals surface area contributed by atoms with Gasteiger partial charge in [-0.3, -0.25) is 19.9 Å². The molecule has 2 aromatic carbocycles. The first-order valence-electron chi connectivity index (χ1n) is 11.3. The zero-order valence-corrected chi connectivity index (χ0v) is 19.5. The number of H-pyrrole nitrogens is 1. The molecule has 0 unspecified atom stereocenters. The molecule has 1 N–H and O–H groups in total. The molecule has 35 heavy (non-hydrogen) atoms. The highest BCUT2D eigenvalue weighted by Crippen LogP contribution is 2.31. The summed E-state index contributed by atoms with van der Waals surface area (Å²) in [5, 5.41) is 0. The Bertz CT molecular complexity index is 1480. The van der Waals surface area contributed by atoms with Crippen LogP contribution in [0.4, 0.5) is 8.78 Å². The first kappa shape index (κ1) is 22.7. The van der Waals surface area contributed by atoms with Gasteiger partial charge in [0.1, 0.15) is 23.2 Å². The highest BCUT2D eigenvalue weighted by Gasteiger charge is 2.18. The predicted molar refractivity (Wildman–Crippen MR) is 131 cm³/mol. The van der Waals surface area contributed by atoms with Gasteiger partial charge in [0.25, 0.3) is 0 Å². The molecule has 0 saturated heterocycles. The van der Waals surface area contributed by atoms with Gasteiger partial charge in [0.2, 0.25) is 0 Å². The molecular formula is C27H24F2N6. The number of halogens is 2. The van der Waals surface area contributed by atoms with Gasteiger partial charge < -0.3 is 4.98 Å². The van der Waals surface area contributed by atoms with E-state index in [-0.39, 0.29) is 12.0 Å². The minimum absolute atomic E-state index is 0.0985. The molecule has 0 amide bonds. The molecular weight excluding hydrogens is 446 g/mol. The van der Waals surface area contributed by atoms with E-state index in [2.05, 4.69) is 19.9 Å². The van der Waals surface area contributed by atoms with Crippen molar-refractivity contribution in [2.75, 3.05) is 13.6 Å². The maximum Gasteiger partial charge on any atom is 0.129 e. The second-order valence-corrected chi connectivity index (χ2v) is 8.52. The van der Waals surface area contributed by atoms with Crippen molar-refractivity contribution in [2.24, 2.45) is 0 Å². The van der Waals surface area contributed by atoms with Gasteiger partial charge in [-0.1, -0.05) is 18.2 Å². The number of likely N-dealkylation sites (N-methyl/N-ethyl adjacent to an activating group) is 1. The number of aryl methyl sites for hydroxylation is 1. The van der Waals surface area contributed by atoms with Crippen LogP contribution in [-0.4, -0.2) is 43.4 Å². The number of rotatable bonds is 7. The van der Waals surface area contributed by atoms with Gasteiger partial charge in [0.15, 0.2) is 0 Å². The Hall–Kier alpha value is -4.04. The van der Waals surface area contributed by atoms with Gasteiger partial charge in [-0.2, -0.15) is 0 Å². The maximum absolute atomic E-state index is 14.0. The van der Waals surface area contributed by atoms with Crippen LogP contribution in [0.2, 0.25) is 0 Å². The van der Waals surface area contributed by atoms with Crippen molar-refractivity contribution in [1.82, 2.24) is 29.8 Å². The number of fused-ring (bicyclic) bond motifs is 1. The van der Waals surface area contributed by atoms with E-state index in [9.17, 15) is 8.78 Å². The summed E-state index contributed by atoms with van der Waals surface area (Å²) in [6.07, 6.45) is 3.60. The summed E-state index contributed by atoms with van der Waals surface area (Å²) in [7, 11) is 1.90. The number of nitrogens with zero attached hydrogens (tertiary/aromatic N) is 5. The van der Waals surface area contributed by atoms with E-state index in [1.54, 1.807) is 12.4 Å². The molecule has 0 fully saturated rings. The number of aromatic amines is 1. The van der Waals surface area contributed by atoms with Crippen molar-refractivity contribution in [2.45, 2.75) is 19.9 Å². The Morgan fingerprint density at radius 3 is 2.40 bits per heavy atom. The first-order valence-corrected chi connectivity index (χ1v) is 11.3. The molecule has 5 aromatic rings. The Morgan fingerprint density at radius 2 is 1.63 bits per heavy atom. The average molecular weight is 471 g/mol. The number of nitrogens with one attached hydrogen (secondary N) is 1. The van der Waals surface area contributed by atoms with E-state index < -0.39 is 11.6 Å². The Balaban J connectivity index is 1.45. The lowest BCUT2D eigenvalue weighted by molar-refractivity contribution is 0.320. The largest absolute Gasteiger partial charge is 0.340 e. The minimum Gasteiger partial charge on any atom is -0.340 e.